The molecule has 1 aliphatic heterocycles. The van der Waals surface area contributed by atoms with Crippen LogP contribution in [0.1, 0.15) is 48.5 Å². The number of hydrogen-bond acceptors (Lipinski definition) is 3. The van der Waals surface area contributed by atoms with Gasteiger partial charge < -0.3 is 10.2 Å². The molecule has 1 amide bonds. The number of nitrogens with zero attached hydrogens (tertiary/aromatic N) is 2. The van der Waals surface area contributed by atoms with Gasteiger partial charge in [-0.25, -0.2) is 0 Å². The molecule has 1 rings (SSSR count). The van der Waals surface area contributed by atoms with Gasteiger partial charge in [-0.15, -0.1) is 5.54 Å². The zero-order valence-corrected chi connectivity index (χ0v) is 17.8. The molecule has 0 saturated carbocycles. The maximum Gasteiger partial charge on any atom is 0.219 e. The summed E-state index contributed by atoms with van der Waals surface area (Å²) in [5, 5.41) is 3.34. The molecule has 0 unspecified atom stereocenters. The quantitative estimate of drug-likeness (QED) is 0.346. The first-order valence-corrected chi connectivity index (χ1v) is 11.7. The molecule has 1 saturated heterocycles. The van der Waals surface area contributed by atoms with Gasteiger partial charge in [0.2, 0.25) is 5.91 Å². The standard InChI is InChI=1S/C19H37N3OSi/c1-16(2)24(17(3)4,18(5)6)15-9-20-8-10-21-11-13-22(14-12-21)19(7)23/h16-18,20H,8,10-14H2,1-7H3. The van der Waals surface area contributed by atoms with Gasteiger partial charge in [-0.1, -0.05) is 41.5 Å². The van der Waals surface area contributed by atoms with Crippen LogP contribution in [0.2, 0.25) is 16.6 Å². The summed E-state index contributed by atoms with van der Waals surface area (Å²) < 4.78 is 0. The van der Waals surface area contributed by atoms with Crippen molar-refractivity contribution in [3.05, 3.63) is 0 Å². The van der Waals surface area contributed by atoms with Gasteiger partial charge in [0.15, 0.2) is 0 Å². The fourth-order valence-corrected chi connectivity index (χ4v) is 9.32. The van der Waals surface area contributed by atoms with Crippen molar-refractivity contribution in [3.63, 3.8) is 0 Å². The van der Waals surface area contributed by atoms with Crippen LogP contribution in [0.25, 0.3) is 0 Å². The zero-order chi connectivity index (χ0) is 18.3. The summed E-state index contributed by atoms with van der Waals surface area (Å²) in [7, 11) is -1.62. The number of nitrogens with one attached hydrogen (secondary N) is 1. The minimum absolute atomic E-state index is 0.191. The Hall–Kier alpha value is -0.993. The SMILES string of the molecule is CC(=O)N1CCN(CCNC#C[Si](C(C)C)(C(C)C)C(C)C)CC1. The van der Waals surface area contributed by atoms with Gasteiger partial charge >= 0.3 is 0 Å². The van der Waals surface area contributed by atoms with Crippen LogP contribution in [-0.4, -0.2) is 63.0 Å². The van der Waals surface area contributed by atoms with E-state index in [1.165, 1.54) is 0 Å². The van der Waals surface area contributed by atoms with Crippen LogP contribution in [0, 0.1) is 11.6 Å². The fraction of sp³-hybridized carbons (Fsp3) is 0.842. The predicted molar refractivity (Wildman–Crippen MR) is 106 cm³/mol. The molecular formula is C19H37N3OSi. The first-order valence-electron chi connectivity index (χ1n) is 9.44. The van der Waals surface area contributed by atoms with Gasteiger partial charge in [-0.3, -0.25) is 9.69 Å². The summed E-state index contributed by atoms with van der Waals surface area (Å²) in [5.74, 6) is 0.191. The van der Waals surface area contributed by atoms with Crippen LogP contribution >= 0.6 is 0 Å². The normalized spacial score (nSPS) is 16.5. The van der Waals surface area contributed by atoms with E-state index in [9.17, 15) is 4.79 Å². The Balaban J connectivity index is 2.47. The van der Waals surface area contributed by atoms with E-state index < -0.39 is 8.07 Å². The number of rotatable bonds is 6. The summed E-state index contributed by atoms with van der Waals surface area (Å²) in [6.07, 6.45) is 0. The van der Waals surface area contributed by atoms with Gasteiger partial charge in [0, 0.05) is 46.2 Å². The smallest absolute Gasteiger partial charge is 0.219 e. The molecule has 0 atom stereocenters. The highest BCUT2D eigenvalue weighted by Crippen LogP contribution is 2.40. The number of piperazine rings is 1. The predicted octanol–water partition coefficient (Wildman–Crippen LogP) is 2.92. The van der Waals surface area contributed by atoms with E-state index in [4.69, 9.17) is 0 Å². The van der Waals surface area contributed by atoms with Gasteiger partial charge in [0.05, 0.1) is 0 Å². The van der Waals surface area contributed by atoms with E-state index in [0.29, 0.717) is 16.6 Å². The van der Waals surface area contributed by atoms with Crippen molar-refractivity contribution in [2.24, 2.45) is 0 Å². The molecule has 0 aliphatic carbocycles. The number of carbonyl (C=O) groups is 1. The Morgan fingerprint density at radius 1 is 1.00 bits per heavy atom. The second-order valence-electron chi connectivity index (χ2n) is 7.92. The topological polar surface area (TPSA) is 35.6 Å². The minimum Gasteiger partial charge on any atom is -0.345 e. The van der Waals surface area contributed by atoms with Crippen molar-refractivity contribution in [2.75, 3.05) is 39.3 Å². The third-order valence-electron chi connectivity index (χ3n) is 5.60. The van der Waals surface area contributed by atoms with Crippen molar-refractivity contribution in [1.82, 2.24) is 15.1 Å². The average molecular weight is 352 g/mol. The van der Waals surface area contributed by atoms with Crippen LogP contribution < -0.4 is 5.32 Å². The third-order valence-corrected chi connectivity index (χ3v) is 11.9. The molecule has 0 aromatic rings. The summed E-state index contributed by atoms with van der Waals surface area (Å²) >= 11 is 0. The Morgan fingerprint density at radius 3 is 1.92 bits per heavy atom. The molecule has 0 spiro atoms. The molecule has 0 radical (unpaired) electrons. The van der Waals surface area contributed by atoms with E-state index in [-0.39, 0.29) is 5.91 Å². The highest BCUT2D eigenvalue weighted by Gasteiger charge is 2.41. The molecule has 1 fully saturated rings. The van der Waals surface area contributed by atoms with Gasteiger partial charge in [-0.05, 0) is 22.7 Å². The molecule has 5 heteroatoms. The second kappa shape index (κ2) is 9.48. The molecule has 1 heterocycles. The first-order chi connectivity index (χ1) is 11.2. The zero-order valence-electron chi connectivity index (χ0n) is 16.8. The van der Waals surface area contributed by atoms with Crippen LogP contribution in [0.3, 0.4) is 0 Å². The summed E-state index contributed by atoms with van der Waals surface area (Å²) in [5.41, 5.74) is 5.72. The lowest BCUT2D eigenvalue weighted by Gasteiger charge is -2.37. The highest BCUT2D eigenvalue weighted by atomic mass is 28.3. The molecule has 1 N–H and O–H groups in total. The summed E-state index contributed by atoms with van der Waals surface area (Å²) in [4.78, 5) is 15.7. The molecule has 0 bridgehead atoms. The van der Waals surface area contributed by atoms with E-state index in [1.54, 1.807) is 6.92 Å². The van der Waals surface area contributed by atoms with E-state index in [2.05, 4.69) is 63.3 Å². The van der Waals surface area contributed by atoms with Gasteiger partial charge in [0.25, 0.3) is 0 Å². The second-order valence-corrected chi connectivity index (χ2v) is 13.5. The van der Waals surface area contributed by atoms with Crippen molar-refractivity contribution in [2.45, 2.75) is 65.1 Å². The van der Waals surface area contributed by atoms with E-state index >= 15 is 0 Å². The number of carbonyl (C=O) groups excluding carboxylic acids is 1. The fourth-order valence-electron chi connectivity index (χ4n) is 4.15. The maximum atomic E-state index is 11.3. The molecule has 138 valence electrons. The van der Waals surface area contributed by atoms with Crippen LogP contribution in [0.4, 0.5) is 0 Å². The third kappa shape index (κ3) is 5.25. The Kier molecular flexibility index (Phi) is 8.31. The van der Waals surface area contributed by atoms with E-state index in [0.717, 1.165) is 39.3 Å². The minimum atomic E-state index is -1.62. The van der Waals surface area contributed by atoms with Crippen molar-refractivity contribution in [3.8, 4) is 11.6 Å². The largest absolute Gasteiger partial charge is 0.345 e. The van der Waals surface area contributed by atoms with Crippen molar-refractivity contribution >= 4 is 14.0 Å². The summed E-state index contributed by atoms with van der Waals surface area (Å²) in [6, 6.07) is 3.31. The number of hydrogen-bond donors (Lipinski definition) is 1. The van der Waals surface area contributed by atoms with Crippen molar-refractivity contribution < 1.29 is 4.79 Å². The Morgan fingerprint density at radius 2 is 1.50 bits per heavy atom. The lowest BCUT2D eigenvalue weighted by molar-refractivity contribution is -0.130. The molecular weight excluding hydrogens is 314 g/mol. The first kappa shape index (κ1) is 21.1. The highest BCUT2D eigenvalue weighted by molar-refractivity contribution is 6.90. The lowest BCUT2D eigenvalue weighted by Crippen LogP contribution is -2.49. The lowest BCUT2D eigenvalue weighted by atomic mass is 10.3. The van der Waals surface area contributed by atoms with Gasteiger partial charge in [-0.2, -0.15) is 0 Å². The molecule has 1 aliphatic rings. The van der Waals surface area contributed by atoms with Gasteiger partial charge in [0.1, 0.15) is 8.07 Å². The van der Waals surface area contributed by atoms with Crippen LogP contribution in [0.15, 0.2) is 0 Å². The molecule has 4 nitrogen and oxygen atoms in total. The summed E-state index contributed by atoms with van der Waals surface area (Å²) in [6.45, 7) is 21.2. The van der Waals surface area contributed by atoms with Crippen LogP contribution in [0.5, 0.6) is 0 Å². The maximum absolute atomic E-state index is 11.3. The monoisotopic (exact) mass is 351 g/mol. The van der Waals surface area contributed by atoms with E-state index in [1.807, 2.05) is 4.90 Å². The molecule has 0 aromatic carbocycles. The van der Waals surface area contributed by atoms with Crippen LogP contribution in [-0.2, 0) is 4.79 Å². The average Bonchev–Trinajstić information content (AvgIpc) is 2.50. The number of amides is 1. The Bertz CT molecular complexity index is 435. The molecule has 24 heavy (non-hydrogen) atoms. The molecule has 0 aromatic heterocycles. The van der Waals surface area contributed by atoms with Crippen molar-refractivity contribution in [1.29, 1.82) is 0 Å². The Labute approximate surface area is 150 Å².